The van der Waals surface area contributed by atoms with E-state index >= 15 is 0 Å². The average Bonchev–Trinajstić information content (AvgIpc) is 2.18. The summed E-state index contributed by atoms with van der Waals surface area (Å²) in [5, 5.41) is 11.2. The molecule has 0 aliphatic rings. The molecule has 0 amide bonds. The second kappa shape index (κ2) is 5.16. The average molecular weight is 195 g/mol. The molecule has 1 heterocycles. The maximum atomic E-state index is 10.2. The second-order valence-corrected chi connectivity index (χ2v) is 2.84. The van der Waals surface area contributed by atoms with Gasteiger partial charge in [0.15, 0.2) is 0 Å². The van der Waals surface area contributed by atoms with Crippen molar-refractivity contribution in [3.63, 3.8) is 0 Å². The molecular formula is C9H13N3O2. The van der Waals surface area contributed by atoms with Crippen LogP contribution in [-0.4, -0.2) is 27.6 Å². The SMILES string of the molecule is CCc1cnc(NCCC(=O)O)nc1. The van der Waals surface area contributed by atoms with E-state index in [2.05, 4.69) is 15.3 Å². The quantitative estimate of drug-likeness (QED) is 0.730. The molecule has 1 rings (SSSR count). The van der Waals surface area contributed by atoms with Crippen LogP contribution in [0.15, 0.2) is 12.4 Å². The Morgan fingerprint density at radius 2 is 2.14 bits per heavy atom. The number of aryl methyl sites for hydroxylation is 1. The van der Waals surface area contributed by atoms with Crippen molar-refractivity contribution >= 4 is 11.9 Å². The fraction of sp³-hybridized carbons (Fsp3) is 0.444. The number of rotatable bonds is 5. The molecular weight excluding hydrogens is 182 g/mol. The monoisotopic (exact) mass is 195 g/mol. The van der Waals surface area contributed by atoms with Crippen LogP contribution >= 0.6 is 0 Å². The van der Waals surface area contributed by atoms with Gasteiger partial charge in [-0.2, -0.15) is 0 Å². The molecule has 0 radical (unpaired) electrons. The molecule has 0 saturated carbocycles. The summed E-state index contributed by atoms with van der Waals surface area (Å²) in [6.07, 6.45) is 4.43. The van der Waals surface area contributed by atoms with Crippen LogP contribution in [0.25, 0.3) is 0 Å². The van der Waals surface area contributed by atoms with Crippen LogP contribution in [0, 0.1) is 0 Å². The lowest BCUT2D eigenvalue weighted by Gasteiger charge is -2.02. The minimum absolute atomic E-state index is 0.0683. The topological polar surface area (TPSA) is 75.1 Å². The molecule has 76 valence electrons. The fourth-order valence-electron chi connectivity index (χ4n) is 0.910. The van der Waals surface area contributed by atoms with Crippen molar-refractivity contribution in [2.75, 3.05) is 11.9 Å². The molecule has 1 aromatic heterocycles. The number of anilines is 1. The zero-order valence-electron chi connectivity index (χ0n) is 8.03. The lowest BCUT2D eigenvalue weighted by Crippen LogP contribution is -2.09. The highest BCUT2D eigenvalue weighted by atomic mass is 16.4. The minimum atomic E-state index is -0.831. The zero-order chi connectivity index (χ0) is 10.4. The number of carboxylic acid groups (broad SMARTS) is 1. The number of aliphatic carboxylic acids is 1. The van der Waals surface area contributed by atoms with Gasteiger partial charge in [0.1, 0.15) is 0 Å². The number of carboxylic acids is 1. The molecule has 0 unspecified atom stereocenters. The van der Waals surface area contributed by atoms with Crippen LogP contribution in [0.5, 0.6) is 0 Å². The van der Waals surface area contributed by atoms with Crippen molar-refractivity contribution in [2.24, 2.45) is 0 Å². The van der Waals surface area contributed by atoms with Crippen molar-refractivity contribution in [3.8, 4) is 0 Å². The molecule has 0 aromatic carbocycles. The molecule has 1 aromatic rings. The summed E-state index contributed by atoms with van der Waals surface area (Å²) in [6.45, 7) is 2.37. The number of aromatic nitrogens is 2. The lowest BCUT2D eigenvalue weighted by molar-refractivity contribution is -0.136. The molecule has 0 saturated heterocycles. The normalized spacial score (nSPS) is 9.79. The number of hydrogen-bond donors (Lipinski definition) is 2. The highest BCUT2D eigenvalue weighted by Gasteiger charge is 1.98. The van der Waals surface area contributed by atoms with Crippen molar-refractivity contribution in [1.82, 2.24) is 9.97 Å². The van der Waals surface area contributed by atoms with Crippen LogP contribution in [0.2, 0.25) is 0 Å². The van der Waals surface area contributed by atoms with Gasteiger partial charge in [0.05, 0.1) is 6.42 Å². The Hall–Kier alpha value is -1.65. The van der Waals surface area contributed by atoms with Crippen LogP contribution in [-0.2, 0) is 11.2 Å². The molecule has 5 nitrogen and oxygen atoms in total. The molecule has 5 heteroatoms. The van der Waals surface area contributed by atoms with Gasteiger partial charge in [-0.25, -0.2) is 9.97 Å². The summed E-state index contributed by atoms with van der Waals surface area (Å²) in [4.78, 5) is 18.3. The van der Waals surface area contributed by atoms with Crippen LogP contribution < -0.4 is 5.32 Å². The summed E-state index contributed by atoms with van der Waals surface area (Å²) in [7, 11) is 0. The third-order valence-electron chi connectivity index (χ3n) is 1.74. The van der Waals surface area contributed by atoms with Crippen molar-refractivity contribution in [2.45, 2.75) is 19.8 Å². The van der Waals surface area contributed by atoms with Crippen molar-refractivity contribution < 1.29 is 9.90 Å². The van der Waals surface area contributed by atoms with Gasteiger partial charge in [0.25, 0.3) is 0 Å². The molecule has 0 atom stereocenters. The molecule has 2 N–H and O–H groups in total. The summed E-state index contributed by atoms with van der Waals surface area (Å²) in [5.74, 6) is -0.355. The third kappa shape index (κ3) is 3.38. The van der Waals surface area contributed by atoms with E-state index in [1.165, 1.54) is 0 Å². The van der Waals surface area contributed by atoms with Crippen LogP contribution in [0.1, 0.15) is 18.9 Å². The van der Waals surface area contributed by atoms with E-state index < -0.39 is 5.97 Å². The maximum Gasteiger partial charge on any atom is 0.305 e. The summed E-state index contributed by atoms with van der Waals surface area (Å²) < 4.78 is 0. The zero-order valence-corrected chi connectivity index (χ0v) is 8.03. The first kappa shape index (κ1) is 10.4. The highest BCUT2D eigenvalue weighted by Crippen LogP contribution is 2.00. The number of hydrogen-bond acceptors (Lipinski definition) is 4. The Bertz CT molecular complexity index is 297. The number of nitrogens with one attached hydrogen (secondary N) is 1. The van der Waals surface area contributed by atoms with E-state index in [-0.39, 0.29) is 6.42 Å². The maximum absolute atomic E-state index is 10.2. The molecule has 0 aliphatic heterocycles. The third-order valence-corrected chi connectivity index (χ3v) is 1.74. The smallest absolute Gasteiger partial charge is 0.305 e. The molecule has 0 bridgehead atoms. The molecule has 0 spiro atoms. The Morgan fingerprint density at radius 1 is 1.50 bits per heavy atom. The molecule has 0 fully saturated rings. The molecule has 0 aliphatic carbocycles. The Morgan fingerprint density at radius 3 is 2.64 bits per heavy atom. The predicted molar refractivity (Wildman–Crippen MR) is 52.2 cm³/mol. The van der Waals surface area contributed by atoms with Crippen LogP contribution in [0.4, 0.5) is 5.95 Å². The van der Waals surface area contributed by atoms with E-state index in [4.69, 9.17) is 5.11 Å². The highest BCUT2D eigenvalue weighted by molar-refractivity contribution is 5.67. The van der Waals surface area contributed by atoms with E-state index in [0.717, 1.165) is 12.0 Å². The van der Waals surface area contributed by atoms with Gasteiger partial charge in [-0.3, -0.25) is 4.79 Å². The van der Waals surface area contributed by atoms with Gasteiger partial charge in [0, 0.05) is 18.9 Å². The van der Waals surface area contributed by atoms with E-state index in [9.17, 15) is 4.79 Å². The number of nitrogens with zero attached hydrogens (tertiary/aromatic N) is 2. The first-order valence-electron chi connectivity index (χ1n) is 4.49. The first-order valence-corrected chi connectivity index (χ1v) is 4.49. The van der Waals surface area contributed by atoms with E-state index in [1.807, 2.05) is 6.92 Å². The summed E-state index contributed by atoms with van der Waals surface area (Å²) >= 11 is 0. The van der Waals surface area contributed by atoms with Gasteiger partial charge >= 0.3 is 5.97 Å². The molecule has 14 heavy (non-hydrogen) atoms. The van der Waals surface area contributed by atoms with Gasteiger partial charge in [0.2, 0.25) is 5.95 Å². The van der Waals surface area contributed by atoms with Crippen LogP contribution in [0.3, 0.4) is 0 Å². The van der Waals surface area contributed by atoms with Gasteiger partial charge in [-0.15, -0.1) is 0 Å². The van der Waals surface area contributed by atoms with Crippen molar-refractivity contribution in [3.05, 3.63) is 18.0 Å². The Kier molecular flexibility index (Phi) is 3.84. The van der Waals surface area contributed by atoms with Crippen molar-refractivity contribution in [1.29, 1.82) is 0 Å². The minimum Gasteiger partial charge on any atom is -0.481 e. The number of carbonyl (C=O) groups is 1. The summed E-state index contributed by atoms with van der Waals surface area (Å²) in [6, 6.07) is 0. The van der Waals surface area contributed by atoms with Gasteiger partial charge in [-0.1, -0.05) is 6.92 Å². The van der Waals surface area contributed by atoms with E-state index in [1.54, 1.807) is 12.4 Å². The standard InChI is InChI=1S/C9H13N3O2/c1-2-7-5-11-9(12-6-7)10-4-3-8(13)14/h5-6H,2-4H2,1H3,(H,13,14)(H,10,11,12). The fourth-order valence-corrected chi connectivity index (χ4v) is 0.910. The first-order chi connectivity index (χ1) is 6.72. The Labute approximate surface area is 82.2 Å². The van der Waals surface area contributed by atoms with E-state index in [0.29, 0.717) is 12.5 Å². The lowest BCUT2D eigenvalue weighted by atomic mass is 10.3. The van der Waals surface area contributed by atoms with Gasteiger partial charge in [-0.05, 0) is 12.0 Å². The summed E-state index contributed by atoms with van der Waals surface area (Å²) in [5.41, 5.74) is 1.06. The van der Waals surface area contributed by atoms with Gasteiger partial charge < -0.3 is 10.4 Å². The largest absolute Gasteiger partial charge is 0.481 e. The second-order valence-electron chi connectivity index (χ2n) is 2.84. The Balaban J connectivity index is 2.40. The predicted octanol–water partition coefficient (Wildman–Crippen LogP) is 0.926.